The molecule has 4 rings (SSSR count). The molecule has 1 heterocycles. The van der Waals surface area contributed by atoms with E-state index in [4.69, 9.17) is 0 Å². The van der Waals surface area contributed by atoms with Crippen molar-refractivity contribution in [3.05, 3.63) is 72.3 Å². The normalized spacial score (nSPS) is 11.7. The van der Waals surface area contributed by atoms with Gasteiger partial charge in [0, 0.05) is 18.3 Å². The second-order valence-corrected chi connectivity index (χ2v) is 5.47. The summed E-state index contributed by atoms with van der Waals surface area (Å²) in [5.41, 5.74) is 3.22. The van der Waals surface area contributed by atoms with Crippen molar-refractivity contribution in [3.63, 3.8) is 0 Å². The van der Waals surface area contributed by atoms with Crippen LogP contribution in [-0.4, -0.2) is 15.8 Å². The summed E-state index contributed by atoms with van der Waals surface area (Å²) in [6.07, 6.45) is 1.91. The lowest BCUT2D eigenvalue weighted by Gasteiger charge is -2.03. The largest absolute Gasteiger partial charge is 0.309 e. The molecule has 3 aromatic carbocycles. The Morgan fingerprint density at radius 3 is 2.65 bits per heavy atom. The Labute approximate surface area is 134 Å². The monoisotopic (exact) mass is 299 g/mol. The Morgan fingerprint density at radius 2 is 1.74 bits per heavy atom. The molecule has 0 spiro atoms. The molecule has 23 heavy (non-hydrogen) atoms. The van der Waals surface area contributed by atoms with E-state index in [1.54, 1.807) is 0 Å². The van der Waals surface area contributed by atoms with Crippen LogP contribution in [-0.2, 0) is 6.54 Å². The molecule has 0 radical (unpaired) electrons. The third kappa shape index (κ3) is 2.40. The second kappa shape index (κ2) is 5.69. The standard InChI is InChI=1S/C20H17N3/c1-2-23-19-13-6-5-12-18(19)22-20(23)21-14-16-10-7-9-15-8-3-4-11-17(15)16/h3-14H,2H2,1H3. The number of aryl methyl sites for hydroxylation is 1. The van der Waals surface area contributed by atoms with E-state index in [0.29, 0.717) is 0 Å². The van der Waals surface area contributed by atoms with Gasteiger partial charge < -0.3 is 4.57 Å². The van der Waals surface area contributed by atoms with Gasteiger partial charge in [0.15, 0.2) is 0 Å². The van der Waals surface area contributed by atoms with Crippen molar-refractivity contribution < 1.29 is 0 Å². The fourth-order valence-corrected chi connectivity index (χ4v) is 2.96. The first-order valence-corrected chi connectivity index (χ1v) is 7.84. The molecule has 0 N–H and O–H groups in total. The van der Waals surface area contributed by atoms with Crippen LogP contribution in [0.15, 0.2) is 71.7 Å². The van der Waals surface area contributed by atoms with Gasteiger partial charge in [-0.1, -0.05) is 54.6 Å². The first-order valence-electron chi connectivity index (χ1n) is 7.84. The number of para-hydroxylation sites is 2. The van der Waals surface area contributed by atoms with Crippen LogP contribution in [0, 0.1) is 0 Å². The fourth-order valence-electron chi connectivity index (χ4n) is 2.96. The topological polar surface area (TPSA) is 30.2 Å². The third-order valence-electron chi connectivity index (χ3n) is 4.09. The van der Waals surface area contributed by atoms with E-state index in [0.717, 1.165) is 29.1 Å². The molecule has 0 atom stereocenters. The Kier molecular flexibility index (Phi) is 3.39. The molecule has 3 nitrogen and oxygen atoms in total. The highest BCUT2D eigenvalue weighted by atomic mass is 15.2. The lowest BCUT2D eigenvalue weighted by molar-refractivity contribution is 0.790. The Morgan fingerprint density at radius 1 is 0.957 bits per heavy atom. The predicted molar refractivity (Wildman–Crippen MR) is 96.6 cm³/mol. The molecule has 0 bridgehead atoms. The summed E-state index contributed by atoms with van der Waals surface area (Å²) in [5, 5.41) is 2.43. The van der Waals surface area contributed by atoms with Crippen LogP contribution in [0.4, 0.5) is 5.95 Å². The molecule has 3 heteroatoms. The Bertz CT molecular complexity index is 1010. The third-order valence-corrected chi connectivity index (χ3v) is 4.09. The number of hydrogen-bond donors (Lipinski definition) is 0. The van der Waals surface area contributed by atoms with Crippen LogP contribution in [0.2, 0.25) is 0 Å². The van der Waals surface area contributed by atoms with Gasteiger partial charge >= 0.3 is 0 Å². The highest BCUT2D eigenvalue weighted by Gasteiger charge is 2.07. The van der Waals surface area contributed by atoms with Gasteiger partial charge in [-0.3, -0.25) is 0 Å². The van der Waals surface area contributed by atoms with Gasteiger partial charge in [-0.25, -0.2) is 9.98 Å². The predicted octanol–water partition coefficient (Wildman–Crippen LogP) is 4.96. The van der Waals surface area contributed by atoms with Crippen molar-refractivity contribution >= 4 is 34.0 Å². The maximum absolute atomic E-state index is 4.66. The Hall–Kier alpha value is -2.94. The van der Waals surface area contributed by atoms with E-state index in [9.17, 15) is 0 Å². The second-order valence-electron chi connectivity index (χ2n) is 5.47. The number of aromatic nitrogens is 2. The minimum atomic E-state index is 0.752. The molecule has 0 amide bonds. The molecule has 4 aromatic rings. The molecule has 0 fully saturated rings. The van der Waals surface area contributed by atoms with E-state index in [-0.39, 0.29) is 0 Å². The summed E-state index contributed by atoms with van der Waals surface area (Å²) in [4.78, 5) is 9.31. The molecule has 0 saturated carbocycles. The van der Waals surface area contributed by atoms with E-state index in [1.807, 2.05) is 24.4 Å². The van der Waals surface area contributed by atoms with Crippen molar-refractivity contribution in [2.45, 2.75) is 13.5 Å². The zero-order valence-corrected chi connectivity index (χ0v) is 13.0. The minimum absolute atomic E-state index is 0.752. The summed E-state index contributed by atoms with van der Waals surface area (Å²) in [6, 6.07) is 22.8. The minimum Gasteiger partial charge on any atom is -0.309 e. The zero-order valence-electron chi connectivity index (χ0n) is 13.0. The maximum Gasteiger partial charge on any atom is 0.230 e. The maximum atomic E-state index is 4.66. The molecule has 1 aromatic heterocycles. The number of fused-ring (bicyclic) bond motifs is 2. The van der Waals surface area contributed by atoms with Gasteiger partial charge in [0.2, 0.25) is 5.95 Å². The fraction of sp³-hybridized carbons (Fsp3) is 0.100. The lowest BCUT2D eigenvalue weighted by Crippen LogP contribution is -1.93. The molecular weight excluding hydrogens is 282 g/mol. The lowest BCUT2D eigenvalue weighted by atomic mass is 10.1. The van der Waals surface area contributed by atoms with E-state index in [1.165, 1.54) is 10.8 Å². The van der Waals surface area contributed by atoms with Crippen LogP contribution in [0.5, 0.6) is 0 Å². The van der Waals surface area contributed by atoms with Crippen molar-refractivity contribution in [1.29, 1.82) is 0 Å². The molecule has 112 valence electrons. The van der Waals surface area contributed by atoms with Crippen molar-refractivity contribution in [2.24, 2.45) is 4.99 Å². The molecule has 0 aliphatic carbocycles. The average Bonchev–Trinajstić information content (AvgIpc) is 2.97. The van der Waals surface area contributed by atoms with Gasteiger partial charge in [-0.15, -0.1) is 0 Å². The molecule has 0 unspecified atom stereocenters. The highest BCUT2D eigenvalue weighted by Crippen LogP contribution is 2.22. The number of rotatable bonds is 3. The van der Waals surface area contributed by atoms with Crippen LogP contribution in [0.1, 0.15) is 12.5 Å². The Balaban J connectivity index is 1.82. The molecule has 0 saturated heterocycles. The molecule has 0 aliphatic heterocycles. The van der Waals surface area contributed by atoms with E-state index >= 15 is 0 Å². The van der Waals surface area contributed by atoms with Crippen LogP contribution >= 0.6 is 0 Å². The SMILES string of the molecule is CCn1c(N=Cc2cccc3ccccc23)nc2ccccc21. The number of hydrogen-bond acceptors (Lipinski definition) is 2. The van der Waals surface area contributed by atoms with Crippen molar-refractivity contribution in [3.8, 4) is 0 Å². The summed E-state index contributed by atoms with van der Waals surface area (Å²) >= 11 is 0. The van der Waals surface area contributed by atoms with Crippen LogP contribution < -0.4 is 0 Å². The van der Waals surface area contributed by atoms with Crippen LogP contribution in [0.25, 0.3) is 21.8 Å². The summed E-state index contributed by atoms with van der Waals surface area (Å²) in [6.45, 7) is 2.97. The van der Waals surface area contributed by atoms with Crippen LogP contribution in [0.3, 0.4) is 0 Å². The van der Waals surface area contributed by atoms with E-state index in [2.05, 4.69) is 70.0 Å². The first kappa shape index (κ1) is 13.7. The average molecular weight is 299 g/mol. The molecular formula is C20H17N3. The summed E-state index contributed by atoms with van der Waals surface area (Å²) in [5.74, 6) is 0.752. The van der Waals surface area contributed by atoms with Gasteiger partial charge in [-0.2, -0.15) is 0 Å². The number of aliphatic imine (C=N–C) groups is 1. The van der Waals surface area contributed by atoms with Crippen molar-refractivity contribution in [1.82, 2.24) is 9.55 Å². The quantitative estimate of drug-likeness (QED) is 0.492. The number of imidazole rings is 1. The van der Waals surface area contributed by atoms with Gasteiger partial charge in [-0.05, 0) is 29.8 Å². The molecule has 0 aliphatic rings. The van der Waals surface area contributed by atoms with Gasteiger partial charge in [0.25, 0.3) is 0 Å². The smallest absolute Gasteiger partial charge is 0.230 e. The summed E-state index contributed by atoms with van der Waals surface area (Å²) in [7, 11) is 0. The van der Waals surface area contributed by atoms with E-state index < -0.39 is 0 Å². The highest BCUT2D eigenvalue weighted by molar-refractivity contribution is 6.00. The van der Waals surface area contributed by atoms with Crippen molar-refractivity contribution in [2.75, 3.05) is 0 Å². The summed E-state index contributed by atoms with van der Waals surface area (Å²) < 4.78 is 2.14. The van der Waals surface area contributed by atoms with Gasteiger partial charge in [0.1, 0.15) is 0 Å². The first-order chi connectivity index (χ1) is 11.4. The zero-order chi connectivity index (χ0) is 15.6. The number of benzene rings is 3. The van der Waals surface area contributed by atoms with Gasteiger partial charge in [0.05, 0.1) is 11.0 Å². The number of nitrogens with zero attached hydrogens (tertiary/aromatic N) is 3.